The fourth-order valence-electron chi connectivity index (χ4n) is 8.44. The highest BCUT2D eigenvalue weighted by Gasteiger charge is 2.71. The molecule has 0 radical (unpaired) electrons. The van der Waals surface area contributed by atoms with Crippen LogP contribution in [0.25, 0.3) is 0 Å². The molecule has 0 amide bonds. The van der Waals surface area contributed by atoms with E-state index in [1.165, 1.54) is 6.08 Å². The molecule has 200 valence electrons. The van der Waals surface area contributed by atoms with Gasteiger partial charge in [0.1, 0.15) is 0 Å². The first-order chi connectivity index (χ1) is 15.9. The monoisotopic (exact) mass is 496 g/mol. The highest BCUT2D eigenvalue weighted by atomic mass is 16.3. The molecule has 0 aliphatic heterocycles. The molecule has 3 fully saturated rings. The van der Waals surface area contributed by atoms with Gasteiger partial charge < -0.3 is 35.7 Å². The lowest BCUT2D eigenvalue weighted by atomic mass is 9.45. The van der Waals surface area contributed by atoms with Gasteiger partial charge in [-0.2, -0.15) is 0 Å². The molecule has 4 aliphatic rings. The zero-order chi connectivity index (χ0) is 26.4. The standard InChI is InChI=1S/C27H44O8/c1-23(2,33)8-7-21(32)26(5,34)20-6-9-27(35)15-11-16(28)14-10-17(29)18(30)12-24(14,3)22(15)19(31)13-25(20,27)4/h11,14,17-22,29-35H,6-10,12-13H2,1-5H3. The summed E-state index contributed by atoms with van der Waals surface area (Å²) < 4.78 is 0. The van der Waals surface area contributed by atoms with Crippen LogP contribution in [0, 0.1) is 28.6 Å². The predicted molar refractivity (Wildman–Crippen MR) is 128 cm³/mol. The molecule has 3 saturated carbocycles. The second kappa shape index (κ2) is 8.32. The van der Waals surface area contributed by atoms with E-state index in [4.69, 9.17) is 0 Å². The molecule has 35 heavy (non-hydrogen) atoms. The van der Waals surface area contributed by atoms with Gasteiger partial charge in [0.15, 0.2) is 5.78 Å². The normalized spacial score (nSPS) is 48.3. The fraction of sp³-hybridized carbons (Fsp3) is 0.889. The second-order valence-electron chi connectivity index (χ2n) is 13.3. The predicted octanol–water partition coefficient (Wildman–Crippen LogP) is 0.825. The number of aliphatic hydroxyl groups is 7. The number of fused-ring (bicyclic) bond motifs is 5. The number of carbonyl (C=O) groups excluding carboxylic acids is 1. The Balaban J connectivity index is 1.71. The van der Waals surface area contributed by atoms with E-state index in [9.17, 15) is 40.5 Å². The van der Waals surface area contributed by atoms with Crippen LogP contribution in [-0.4, -0.2) is 82.7 Å². The van der Waals surface area contributed by atoms with E-state index in [-0.39, 0.29) is 44.3 Å². The van der Waals surface area contributed by atoms with Crippen molar-refractivity contribution in [1.29, 1.82) is 0 Å². The van der Waals surface area contributed by atoms with Gasteiger partial charge in [0.05, 0.1) is 41.2 Å². The van der Waals surface area contributed by atoms with E-state index in [1.54, 1.807) is 20.8 Å². The van der Waals surface area contributed by atoms with E-state index in [0.717, 1.165) is 0 Å². The molecule has 0 bridgehead atoms. The molecule has 11 atom stereocenters. The van der Waals surface area contributed by atoms with Crippen LogP contribution in [0.4, 0.5) is 0 Å². The van der Waals surface area contributed by atoms with Gasteiger partial charge in [-0.3, -0.25) is 4.79 Å². The van der Waals surface area contributed by atoms with Crippen molar-refractivity contribution in [2.45, 2.75) is 121 Å². The fourth-order valence-corrected chi connectivity index (χ4v) is 8.44. The third-order valence-electron chi connectivity index (χ3n) is 10.5. The van der Waals surface area contributed by atoms with E-state index in [1.807, 2.05) is 13.8 Å². The number of ketones is 1. The van der Waals surface area contributed by atoms with Crippen LogP contribution in [0.3, 0.4) is 0 Å². The molecular weight excluding hydrogens is 452 g/mol. The molecule has 0 aromatic carbocycles. The summed E-state index contributed by atoms with van der Waals surface area (Å²) in [6.45, 7) is 8.52. The highest BCUT2D eigenvalue weighted by Crippen LogP contribution is 2.68. The zero-order valence-electron chi connectivity index (χ0n) is 21.6. The third kappa shape index (κ3) is 3.95. The lowest BCUT2D eigenvalue weighted by Gasteiger charge is -2.62. The maximum atomic E-state index is 13.3. The van der Waals surface area contributed by atoms with Crippen LogP contribution in [-0.2, 0) is 4.79 Å². The Morgan fingerprint density at radius 3 is 2.29 bits per heavy atom. The maximum absolute atomic E-state index is 13.3. The number of rotatable bonds is 5. The van der Waals surface area contributed by atoms with Crippen molar-refractivity contribution in [1.82, 2.24) is 0 Å². The number of hydrogen-bond acceptors (Lipinski definition) is 8. The maximum Gasteiger partial charge on any atom is 0.159 e. The molecule has 0 saturated heterocycles. The minimum atomic E-state index is -1.59. The molecule has 8 nitrogen and oxygen atoms in total. The summed E-state index contributed by atoms with van der Waals surface area (Å²) in [6.07, 6.45) is -1.08. The number of hydrogen-bond donors (Lipinski definition) is 7. The summed E-state index contributed by atoms with van der Waals surface area (Å²) in [7, 11) is 0. The second-order valence-corrected chi connectivity index (χ2v) is 13.3. The van der Waals surface area contributed by atoms with Crippen molar-refractivity contribution in [3.05, 3.63) is 11.6 Å². The Morgan fingerprint density at radius 1 is 1.06 bits per heavy atom. The number of carbonyl (C=O) groups is 1. The molecule has 0 heterocycles. The Labute approximate surface area is 207 Å². The van der Waals surface area contributed by atoms with Gasteiger partial charge >= 0.3 is 0 Å². The van der Waals surface area contributed by atoms with Crippen LogP contribution >= 0.6 is 0 Å². The first-order valence-electron chi connectivity index (χ1n) is 13.0. The summed E-state index contributed by atoms with van der Waals surface area (Å²) in [5, 5.41) is 77.0. The summed E-state index contributed by atoms with van der Waals surface area (Å²) >= 11 is 0. The summed E-state index contributed by atoms with van der Waals surface area (Å²) in [5.74, 6) is -1.89. The SMILES string of the molecule is CC(C)(O)CCC(O)C(C)(O)C1CCC2(O)C3=CC(=O)C4CC(O)C(O)CC4(C)C3C(O)CC12C. The lowest BCUT2D eigenvalue weighted by Crippen LogP contribution is -2.66. The smallest absolute Gasteiger partial charge is 0.159 e. The van der Waals surface area contributed by atoms with Gasteiger partial charge in [-0.25, -0.2) is 0 Å². The molecule has 4 rings (SSSR count). The van der Waals surface area contributed by atoms with Crippen molar-refractivity contribution in [3.8, 4) is 0 Å². The third-order valence-corrected chi connectivity index (χ3v) is 10.5. The minimum absolute atomic E-state index is 0.115. The molecule has 0 aromatic rings. The van der Waals surface area contributed by atoms with Gasteiger partial charge in [-0.05, 0) is 88.7 Å². The lowest BCUT2D eigenvalue weighted by molar-refractivity contribution is -0.197. The van der Waals surface area contributed by atoms with Crippen LogP contribution in [0.15, 0.2) is 11.6 Å². The van der Waals surface area contributed by atoms with Crippen LogP contribution < -0.4 is 0 Å². The number of allylic oxidation sites excluding steroid dienone is 1. The van der Waals surface area contributed by atoms with Crippen molar-refractivity contribution in [3.63, 3.8) is 0 Å². The Kier molecular flexibility index (Phi) is 6.46. The van der Waals surface area contributed by atoms with Crippen molar-refractivity contribution >= 4 is 5.78 Å². The van der Waals surface area contributed by atoms with Crippen LogP contribution in [0.5, 0.6) is 0 Å². The van der Waals surface area contributed by atoms with Crippen LogP contribution in [0.2, 0.25) is 0 Å². The molecule has 4 aliphatic carbocycles. The largest absolute Gasteiger partial charge is 0.392 e. The summed E-state index contributed by atoms with van der Waals surface area (Å²) in [6, 6.07) is 0. The Bertz CT molecular complexity index is 892. The molecule has 11 unspecified atom stereocenters. The van der Waals surface area contributed by atoms with E-state index < -0.39 is 69.8 Å². The van der Waals surface area contributed by atoms with Crippen LogP contribution in [0.1, 0.15) is 79.6 Å². The van der Waals surface area contributed by atoms with E-state index in [2.05, 4.69) is 0 Å². The average molecular weight is 497 g/mol. The van der Waals surface area contributed by atoms with E-state index in [0.29, 0.717) is 12.0 Å². The molecule has 7 N–H and O–H groups in total. The van der Waals surface area contributed by atoms with Gasteiger partial charge in [0, 0.05) is 17.3 Å². The van der Waals surface area contributed by atoms with Gasteiger partial charge in [0.2, 0.25) is 0 Å². The van der Waals surface area contributed by atoms with Crippen molar-refractivity contribution in [2.75, 3.05) is 0 Å². The van der Waals surface area contributed by atoms with Gasteiger partial charge in [0.25, 0.3) is 0 Å². The Hall–Kier alpha value is -0.870. The molecule has 8 heteroatoms. The minimum Gasteiger partial charge on any atom is -0.392 e. The summed E-state index contributed by atoms with van der Waals surface area (Å²) in [5.41, 5.74) is -5.42. The zero-order valence-corrected chi connectivity index (χ0v) is 21.6. The summed E-state index contributed by atoms with van der Waals surface area (Å²) in [4.78, 5) is 13.3. The van der Waals surface area contributed by atoms with Crippen molar-refractivity contribution < 1.29 is 40.5 Å². The molecule has 0 aromatic heterocycles. The average Bonchev–Trinajstić information content (AvgIpc) is 2.99. The first-order valence-corrected chi connectivity index (χ1v) is 13.0. The first kappa shape index (κ1) is 27.2. The number of aliphatic hydroxyl groups excluding tert-OH is 4. The van der Waals surface area contributed by atoms with Gasteiger partial charge in [-0.1, -0.05) is 13.8 Å². The molecule has 0 spiro atoms. The highest BCUT2D eigenvalue weighted by molar-refractivity contribution is 5.95. The topological polar surface area (TPSA) is 159 Å². The van der Waals surface area contributed by atoms with Gasteiger partial charge in [-0.15, -0.1) is 0 Å². The van der Waals surface area contributed by atoms with Crippen molar-refractivity contribution in [2.24, 2.45) is 28.6 Å². The Morgan fingerprint density at radius 2 is 1.69 bits per heavy atom. The van der Waals surface area contributed by atoms with E-state index >= 15 is 0 Å². The molecular formula is C27H44O8. The quantitative estimate of drug-likeness (QED) is 0.295.